The fraction of sp³-hybridized carbons (Fsp3) is 0.478. The zero-order chi connectivity index (χ0) is 19.7. The van der Waals surface area contributed by atoms with E-state index in [0.717, 1.165) is 56.6 Å². The number of benzene rings is 1. The van der Waals surface area contributed by atoms with Crippen LogP contribution in [-0.2, 0) is 12.0 Å². The van der Waals surface area contributed by atoms with Crippen molar-refractivity contribution in [3.63, 3.8) is 0 Å². The molecule has 28 heavy (non-hydrogen) atoms. The maximum absolute atomic E-state index is 13.1. The van der Waals surface area contributed by atoms with Gasteiger partial charge < -0.3 is 9.88 Å². The Bertz CT molecular complexity index is 886. The Hall–Kier alpha value is -2.40. The Morgan fingerprint density at radius 3 is 2.68 bits per heavy atom. The van der Waals surface area contributed by atoms with Crippen LogP contribution in [-0.4, -0.2) is 51.9 Å². The Morgan fingerprint density at radius 1 is 1.21 bits per heavy atom. The number of amides is 1. The number of carbonyl (C=O) groups is 1. The summed E-state index contributed by atoms with van der Waals surface area (Å²) in [5.41, 5.74) is 5.61. The highest BCUT2D eigenvalue weighted by Crippen LogP contribution is 2.42. The molecule has 2 aliphatic rings. The second-order valence-corrected chi connectivity index (χ2v) is 8.35. The molecule has 5 nitrogen and oxygen atoms in total. The van der Waals surface area contributed by atoms with E-state index in [4.69, 9.17) is 4.98 Å². The van der Waals surface area contributed by atoms with E-state index in [1.54, 1.807) is 0 Å². The third-order valence-electron chi connectivity index (χ3n) is 6.37. The molecule has 148 valence electrons. The lowest BCUT2D eigenvalue weighted by atomic mass is 9.78. The monoisotopic (exact) mass is 378 g/mol. The van der Waals surface area contributed by atoms with Crippen molar-refractivity contribution < 1.29 is 4.79 Å². The first kappa shape index (κ1) is 18.9. The number of H-pyrrole nitrogens is 1. The highest BCUT2D eigenvalue weighted by molar-refractivity contribution is 5.95. The maximum Gasteiger partial charge on any atom is 0.254 e. The Labute approximate surface area is 167 Å². The molecule has 1 amide bonds. The molecular weight excluding hydrogens is 348 g/mol. The first-order chi connectivity index (χ1) is 13.5. The number of aryl methyl sites for hydroxylation is 1. The number of allylic oxidation sites excluding steroid dienone is 1. The number of aromatic nitrogens is 2. The van der Waals surface area contributed by atoms with Crippen molar-refractivity contribution in [2.24, 2.45) is 0 Å². The summed E-state index contributed by atoms with van der Waals surface area (Å²) in [5.74, 6) is 0.154. The van der Waals surface area contributed by atoms with Gasteiger partial charge in [0.25, 0.3) is 5.91 Å². The lowest BCUT2D eigenvalue weighted by Gasteiger charge is -2.50. The van der Waals surface area contributed by atoms with Crippen LogP contribution in [0.15, 0.2) is 42.2 Å². The van der Waals surface area contributed by atoms with E-state index in [1.165, 1.54) is 17.0 Å². The van der Waals surface area contributed by atoms with Gasteiger partial charge in [0.05, 0.1) is 17.6 Å². The van der Waals surface area contributed by atoms with Gasteiger partial charge in [-0.3, -0.25) is 9.69 Å². The van der Waals surface area contributed by atoms with Gasteiger partial charge >= 0.3 is 0 Å². The first-order valence-corrected chi connectivity index (χ1v) is 10.3. The lowest BCUT2D eigenvalue weighted by molar-refractivity contribution is 0.0139. The van der Waals surface area contributed by atoms with E-state index < -0.39 is 0 Å². The van der Waals surface area contributed by atoms with Gasteiger partial charge in [0.1, 0.15) is 0 Å². The van der Waals surface area contributed by atoms with Crippen LogP contribution in [0.5, 0.6) is 0 Å². The average Bonchev–Trinajstić information content (AvgIpc) is 3.18. The van der Waals surface area contributed by atoms with E-state index in [2.05, 4.69) is 29.8 Å². The van der Waals surface area contributed by atoms with E-state index in [0.29, 0.717) is 0 Å². The molecule has 1 spiro atoms. The summed E-state index contributed by atoms with van der Waals surface area (Å²) in [7, 11) is 0. The number of likely N-dealkylation sites (tertiary alicyclic amines) is 1. The van der Waals surface area contributed by atoms with Crippen molar-refractivity contribution in [3.8, 4) is 0 Å². The molecule has 1 fully saturated rings. The minimum Gasteiger partial charge on any atom is -0.348 e. The van der Waals surface area contributed by atoms with Crippen LogP contribution in [0, 0.1) is 6.92 Å². The van der Waals surface area contributed by atoms with Crippen LogP contribution in [0.2, 0.25) is 0 Å². The molecule has 0 bridgehead atoms. The number of piperidine rings is 1. The zero-order valence-electron chi connectivity index (χ0n) is 17.2. The number of nitrogens with zero attached hydrogens (tertiary/aromatic N) is 3. The van der Waals surface area contributed by atoms with Crippen LogP contribution in [0.4, 0.5) is 0 Å². The summed E-state index contributed by atoms with van der Waals surface area (Å²) in [5, 5.41) is 0. The van der Waals surface area contributed by atoms with Crippen molar-refractivity contribution in [1.29, 1.82) is 0 Å². The summed E-state index contributed by atoms with van der Waals surface area (Å²) < 4.78 is 0. The van der Waals surface area contributed by atoms with Crippen molar-refractivity contribution in [1.82, 2.24) is 19.8 Å². The van der Waals surface area contributed by atoms with Gasteiger partial charge in [-0.2, -0.15) is 0 Å². The molecule has 4 rings (SSSR count). The van der Waals surface area contributed by atoms with Crippen molar-refractivity contribution in [2.45, 2.75) is 45.6 Å². The summed E-state index contributed by atoms with van der Waals surface area (Å²) in [6, 6.07) is 7.88. The Balaban J connectivity index is 1.57. The summed E-state index contributed by atoms with van der Waals surface area (Å²) in [6.45, 7) is 9.83. The number of hydrogen-bond donors (Lipinski definition) is 1. The number of hydrogen-bond acceptors (Lipinski definition) is 3. The van der Waals surface area contributed by atoms with Crippen molar-refractivity contribution >= 4 is 5.91 Å². The molecule has 0 unspecified atom stereocenters. The van der Waals surface area contributed by atoms with E-state index in [-0.39, 0.29) is 11.4 Å². The number of imidazole rings is 1. The highest BCUT2D eigenvalue weighted by Gasteiger charge is 2.46. The predicted molar refractivity (Wildman–Crippen MR) is 111 cm³/mol. The zero-order valence-corrected chi connectivity index (χ0v) is 17.2. The maximum atomic E-state index is 13.1. The first-order valence-electron chi connectivity index (χ1n) is 10.3. The third-order valence-corrected chi connectivity index (χ3v) is 6.37. The topological polar surface area (TPSA) is 52.2 Å². The number of rotatable bonds is 3. The predicted octanol–water partition coefficient (Wildman–Crippen LogP) is 3.67. The number of aromatic amines is 1. The molecule has 1 N–H and O–H groups in total. The Kier molecular flexibility index (Phi) is 5.11. The molecule has 1 aromatic heterocycles. The van der Waals surface area contributed by atoms with Gasteiger partial charge in [-0.05, 0) is 45.2 Å². The SMILES string of the molecule is CC(C)=CCN1CCc2[nH]cnc2C12CCN(C(=O)c1ccccc1C)CC2. The summed E-state index contributed by atoms with van der Waals surface area (Å²) in [6.07, 6.45) is 7.02. The van der Waals surface area contributed by atoms with Crippen LogP contribution >= 0.6 is 0 Å². The van der Waals surface area contributed by atoms with E-state index >= 15 is 0 Å². The van der Waals surface area contributed by atoms with E-state index in [1.807, 2.05) is 42.4 Å². The summed E-state index contributed by atoms with van der Waals surface area (Å²) in [4.78, 5) is 25.7. The van der Waals surface area contributed by atoms with Crippen molar-refractivity contribution in [2.75, 3.05) is 26.2 Å². The second-order valence-electron chi connectivity index (χ2n) is 8.35. The molecule has 0 aliphatic carbocycles. The largest absolute Gasteiger partial charge is 0.348 e. The lowest BCUT2D eigenvalue weighted by Crippen LogP contribution is -2.57. The number of carbonyl (C=O) groups excluding carboxylic acids is 1. The molecule has 2 aliphatic heterocycles. The van der Waals surface area contributed by atoms with Crippen LogP contribution < -0.4 is 0 Å². The molecule has 2 aromatic rings. The minimum absolute atomic E-state index is 0.0674. The Morgan fingerprint density at radius 2 is 1.96 bits per heavy atom. The van der Waals surface area contributed by atoms with Gasteiger partial charge in [-0.25, -0.2) is 4.98 Å². The van der Waals surface area contributed by atoms with Gasteiger partial charge in [0.15, 0.2) is 0 Å². The van der Waals surface area contributed by atoms with Crippen LogP contribution in [0.25, 0.3) is 0 Å². The molecule has 1 aromatic carbocycles. The normalized spacial score (nSPS) is 18.8. The minimum atomic E-state index is -0.0674. The standard InChI is InChI=1S/C23H30N4O/c1-17(2)8-12-27-13-9-20-21(25-16-24-20)23(27)10-14-26(15-11-23)22(28)19-7-5-4-6-18(19)3/h4-8,16H,9-15H2,1-3H3,(H,24,25). The quantitative estimate of drug-likeness (QED) is 0.829. The van der Waals surface area contributed by atoms with Gasteiger partial charge in [0.2, 0.25) is 0 Å². The van der Waals surface area contributed by atoms with Crippen molar-refractivity contribution in [3.05, 3.63) is 64.8 Å². The second kappa shape index (κ2) is 7.55. The van der Waals surface area contributed by atoms with Crippen LogP contribution in [0.3, 0.4) is 0 Å². The smallest absolute Gasteiger partial charge is 0.254 e. The number of fused-ring (bicyclic) bond motifs is 2. The summed E-state index contributed by atoms with van der Waals surface area (Å²) >= 11 is 0. The van der Waals surface area contributed by atoms with Gasteiger partial charge in [-0.1, -0.05) is 29.8 Å². The molecule has 3 heterocycles. The fourth-order valence-electron chi connectivity index (χ4n) is 4.70. The highest BCUT2D eigenvalue weighted by atomic mass is 16.2. The van der Waals surface area contributed by atoms with Gasteiger partial charge in [0, 0.05) is 43.9 Å². The molecular formula is C23H30N4O. The fourth-order valence-corrected chi connectivity index (χ4v) is 4.70. The van der Waals surface area contributed by atoms with E-state index in [9.17, 15) is 4.79 Å². The molecule has 0 radical (unpaired) electrons. The molecule has 1 saturated heterocycles. The number of nitrogens with one attached hydrogen (secondary N) is 1. The molecule has 0 atom stereocenters. The van der Waals surface area contributed by atoms with Crippen LogP contribution in [0.1, 0.15) is 54.0 Å². The molecule has 0 saturated carbocycles. The third kappa shape index (κ3) is 3.28. The molecule has 5 heteroatoms. The average molecular weight is 379 g/mol. The van der Waals surface area contributed by atoms with Gasteiger partial charge in [-0.15, -0.1) is 0 Å².